The second-order valence-electron chi connectivity index (χ2n) is 5.59. The number of pyridine rings is 1. The minimum atomic E-state index is 0.707. The van der Waals surface area contributed by atoms with Crippen molar-refractivity contribution in [1.82, 2.24) is 9.38 Å². The normalized spacial score (nSPS) is 10.9. The molecule has 0 saturated carbocycles. The zero-order chi connectivity index (χ0) is 16.4. The maximum Gasteiger partial charge on any atom is 0.139 e. The van der Waals surface area contributed by atoms with Crippen LogP contribution < -0.4 is 5.32 Å². The van der Waals surface area contributed by atoms with Crippen molar-refractivity contribution in [3.8, 4) is 11.3 Å². The number of rotatable bonds is 4. The van der Waals surface area contributed by atoms with Crippen molar-refractivity contribution in [2.24, 2.45) is 0 Å². The van der Waals surface area contributed by atoms with Gasteiger partial charge in [-0.1, -0.05) is 60.1 Å². The van der Waals surface area contributed by atoms with E-state index in [4.69, 9.17) is 16.6 Å². The zero-order valence-corrected chi connectivity index (χ0v) is 13.7. The molecule has 0 atom stereocenters. The van der Waals surface area contributed by atoms with Crippen LogP contribution in [0.2, 0.25) is 5.02 Å². The first-order valence-electron chi connectivity index (χ1n) is 7.82. The molecule has 0 spiro atoms. The molecule has 0 bridgehead atoms. The van der Waals surface area contributed by atoms with Crippen LogP contribution in [0, 0.1) is 0 Å². The fourth-order valence-electron chi connectivity index (χ4n) is 2.78. The van der Waals surface area contributed by atoms with Gasteiger partial charge in [0.25, 0.3) is 0 Å². The zero-order valence-electron chi connectivity index (χ0n) is 13.0. The van der Waals surface area contributed by atoms with Crippen molar-refractivity contribution in [1.29, 1.82) is 0 Å². The molecule has 4 aromatic rings. The molecular weight excluding hydrogens is 318 g/mol. The molecule has 4 rings (SSSR count). The highest BCUT2D eigenvalue weighted by molar-refractivity contribution is 6.30. The number of hydrogen-bond acceptors (Lipinski definition) is 2. The molecule has 1 N–H and O–H groups in total. The number of imidazole rings is 1. The lowest BCUT2D eigenvalue weighted by atomic mass is 10.1. The molecule has 2 aromatic heterocycles. The number of fused-ring (bicyclic) bond motifs is 1. The molecule has 0 aliphatic rings. The molecule has 0 aliphatic heterocycles. The van der Waals surface area contributed by atoms with Crippen LogP contribution in [-0.2, 0) is 6.54 Å². The fourth-order valence-corrected chi connectivity index (χ4v) is 2.97. The Balaban J connectivity index is 1.78. The summed E-state index contributed by atoms with van der Waals surface area (Å²) in [7, 11) is 0. The summed E-state index contributed by atoms with van der Waals surface area (Å²) < 4.78 is 2.07. The van der Waals surface area contributed by atoms with Gasteiger partial charge >= 0.3 is 0 Å². The lowest BCUT2D eigenvalue weighted by Gasteiger charge is -2.09. The molecule has 4 heteroatoms. The predicted octanol–water partition coefficient (Wildman–Crippen LogP) is 5.27. The molecular formula is C20H16ClN3. The monoisotopic (exact) mass is 333 g/mol. The number of hydrogen-bond donors (Lipinski definition) is 1. The molecule has 0 amide bonds. The number of anilines is 1. The van der Waals surface area contributed by atoms with E-state index >= 15 is 0 Å². The maximum atomic E-state index is 6.16. The molecule has 0 unspecified atom stereocenters. The van der Waals surface area contributed by atoms with Gasteiger partial charge < -0.3 is 5.32 Å². The van der Waals surface area contributed by atoms with Gasteiger partial charge in [-0.25, -0.2) is 4.98 Å². The van der Waals surface area contributed by atoms with E-state index in [2.05, 4.69) is 21.9 Å². The van der Waals surface area contributed by atoms with Crippen LogP contribution in [0.1, 0.15) is 5.56 Å². The molecule has 24 heavy (non-hydrogen) atoms. The van der Waals surface area contributed by atoms with Crippen molar-refractivity contribution in [2.45, 2.75) is 6.54 Å². The Kier molecular flexibility index (Phi) is 3.93. The van der Waals surface area contributed by atoms with Crippen molar-refractivity contribution in [3.05, 3.63) is 89.6 Å². The Labute approximate surface area is 145 Å². The molecule has 0 fully saturated rings. The highest BCUT2D eigenvalue weighted by Gasteiger charge is 2.13. The van der Waals surface area contributed by atoms with E-state index in [9.17, 15) is 0 Å². The van der Waals surface area contributed by atoms with Gasteiger partial charge in [0.05, 0.1) is 0 Å². The van der Waals surface area contributed by atoms with Gasteiger partial charge in [0.1, 0.15) is 17.2 Å². The van der Waals surface area contributed by atoms with Crippen molar-refractivity contribution >= 4 is 23.1 Å². The van der Waals surface area contributed by atoms with Crippen LogP contribution in [0.3, 0.4) is 0 Å². The smallest absolute Gasteiger partial charge is 0.139 e. The van der Waals surface area contributed by atoms with Gasteiger partial charge in [-0.15, -0.1) is 0 Å². The fraction of sp³-hybridized carbons (Fsp3) is 0.0500. The van der Waals surface area contributed by atoms with E-state index in [0.717, 1.165) is 29.3 Å². The molecule has 2 aromatic carbocycles. The lowest BCUT2D eigenvalue weighted by Crippen LogP contribution is -2.03. The van der Waals surface area contributed by atoms with E-state index in [-0.39, 0.29) is 0 Å². The van der Waals surface area contributed by atoms with Crippen LogP contribution in [0.15, 0.2) is 79.0 Å². The first-order chi connectivity index (χ1) is 11.8. The van der Waals surface area contributed by atoms with Crippen LogP contribution in [0.25, 0.3) is 16.9 Å². The van der Waals surface area contributed by atoms with E-state index < -0.39 is 0 Å². The van der Waals surface area contributed by atoms with Crippen molar-refractivity contribution in [2.75, 3.05) is 5.32 Å². The summed E-state index contributed by atoms with van der Waals surface area (Å²) in [4.78, 5) is 4.78. The van der Waals surface area contributed by atoms with Gasteiger partial charge in [-0.2, -0.15) is 0 Å². The van der Waals surface area contributed by atoms with Crippen molar-refractivity contribution in [3.63, 3.8) is 0 Å². The number of benzene rings is 2. The first kappa shape index (κ1) is 14.8. The van der Waals surface area contributed by atoms with Crippen LogP contribution in [-0.4, -0.2) is 9.38 Å². The van der Waals surface area contributed by atoms with E-state index in [1.807, 2.05) is 66.9 Å². The summed E-state index contributed by atoms with van der Waals surface area (Å²) >= 11 is 6.16. The quantitative estimate of drug-likeness (QED) is 0.551. The van der Waals surface area contributed by atoms with Gasteiger partial charge in [0.15, 0.2) is 0 Å². The van der Waals surface area contributed by atoms with Crippen LogP contribution in [0.5, 0.6) is 0 Å². The molecule has 118 valence electrons. The molecule has 0 saturated heterocycles. The van der Waals surface area contributed by atoms with Crippen molar-refractivity contribution < 1.29 is 0 Å². The minimum Gasteiger partial charge on any atom is -0.365 e. The van der Waals surface area contributed by atoms with E-state index in [1.165, 1.54) is 5.56 Å². The Morgan fingerprint density at radius 1 is 0.917 bits per heavy atom. The third-order valence-corrected chi connectivity index (χ3v) is 4.17. The largest absolute Gasteiger partial charge is 0.365 e. The number of nitrogens with one attached hydrogen (secondary N) is 1. The number of aromatic nitrogens is 2. The number of halogens is 1. The molecule has 0 radical (unpaired) electrons. The Morgan fingerprint density at radius 3 is 2.58 bits per heavy atom. The maximum absolute atomic E-state index is 6.16. The SMILES string of the molecule is Clc1cccc(-c2nc3ccccn3c2NCc2ccccc2)c1. The van der Waals surface area contributed by atoms with Gasteiger partial charge in [-0.3, -0.25) is 4.40 Å². The average Bonchev–Trinajstić information content (AvgIpc) is 2.99. The molecule has 0 aliphatic carbocycles. The second kappa shape index (κ2) is 6.38. The van der Waals surface area contributed by atoms with Crippen LogP contribution in [0.4, 0.5) is 5.82 Å². The number of nitrogens with zero attached hydrogens (tertiary/aromatic N) is 2. The summed E-state index contributed by atoms with van der Waals surface area (Å²) in [5, 5.41) is 4.23. The van der Waals surface area contributed by atoms with Gasteiger partial charge in [-0.05, 0) is 29.8 Å². The average molecular weight is 334 g/mol. The third kappa shape index (κ3) is 2.86. The standard InChI is InChI=1S/C20H16ClN3/c21-17-10-6-9-16(13-17)19-20(22-14-15-7-2-1-3-8-15)24-12-5-4-11-18(24)23-19/h1-13,22H,14H2. The van der Waals surface area contributed by atoms with Gasteiger partial charge in [0, 0.05) is 23.3 Å². The topological polar surface area (TPSA) is 29.3 Å². The summed E-state index contributed by atoms with van der Waals surface area (Å²) in [6.07, 6.45) is 2.02. The summed E-state index contributed by atoms with van der Waals surface area (Å²) in [5.41, 5.74) is 4.03. The highest BCUT2D eigenvalue weighted by Crippen LogP contribution is 2.30. The Bertz CT molecular complexity index is 977. The molecule has 2 heterocycles. The van der Waals surface area contributed by atoms with Gasteiger partial charge in [0.2, 0.25) is 0 Å². The van der Waals surface area contributed by atoms with Crippen LogP contribution >= 0.6 is 11.6 Å². The summed E-state index contributed by atoms with van der Waals surface area (Å²) in [5.74, 6) is 0.969. The Morgan fingerprint density at radius 2 is 1.75 bits per heavy atom. The first-order valence-corrected chi connectivity index (χ1v) is 8.20. The minimum absolute atomic E-state index is 0.707. The van der Waals surface area contributed by atoms with E-state index in [0.29, 0.717) is 5.02 Å². The summed E-state index contributed by atoms with van der Waals surface area (Å²) in [6, 6.07) is 24.1. The second-order valence-corrected chi connectivity index (χ2v) is 6.02. The lowest BCUT2D eigenvalue weighted by molar-refractivity contribution is 1.08. The molecule has 3 nitrogen and oxygen atoms in total. The third-order valence-electron chi connectivity index (χ3n) is 3.93. The summed E-state index contributed by atoms with van der Waals surface area (Å²) in [6.45, 7) is 0.733. The highest BCUT2D eigenvalue weighted by atomic mass is 35.5. The Hall–Kier alpha value is -2.78. The predicted molar refractivity (Wildman–Crippen MR) is 99.4 cm³/mol. The van der Waals surface area contributed by atoms with E-state index in [1.54, 1.807) is 0 Å².